The molecule has 2 heterocycles. The summed E-state index contributed by atoms with van der Waals surface area (Å²) in [5, 5.41) is 3.00. The Morgan fingerprint density at radius 1 is 1.06 bits per heavy atom. The molecule has 6 nitrogen and oxygen atoms in total. The smallest absolute Gasteiger partial charge is 0.263 e. The Hall–Kier alpha value is -2.89. The molecule has 168 valence electrons. The van der Waals surface area contributed by atoms with Crippen molar-refractivity contribution in [2.45, 2.75) is 70.5 Å². The van der Waals surface area contributed by atoms with Crippen LogP contribution in [-0.4, -0.2) is 33.9 Å². The lowest BCUT2D eigenvalue weighted by Crippen LogP contribution is -2.42. The van der Waals surface area contributed by atoms with Crippen LogP contribution in [0, 0.1) is 5.92 Å². The van der Waals surface area contributed by atoms with Crippen LogP contribution in [0.15, 0.2) is 41.3 Å². The maximum Gasteiger partial charge on any atom is 0.263 e. The second-order valence-electron chi connectivity index (χ2n) is 9.56. The Bertz CT molecular complexity index is 1070. The van der Waals surface area contributed by atoms with Crippen molar-refractivity contribution in [2.24, 2.45) is 5.92 Å². The third-order valence-corrected chi connectivity index (χ3v) is 7.13. The molecule has 1 aromatic heterocycles. The fraction of sp³-hybridized carbons (Fsp3) is 0.500. The summed E-state index contributed by atoms with van der Waals surface area (Å²) >= 11 is 0. The van der Waals surface area contributed by atoms with Gasteiger partial charge in [0.05, 0.1) is 0 Å². The minimum atomic E-state index is -0.253. The maximum atomic E-state index is 13.3. The lowest BCUT2D eigenvalue weighted by Gasteiger charge is -2.33. The van der Waals surface area contributed by atoms with Crippen LogP contribution >= 0.6 is 0 Å². The largest absolute Gasteiger partial charge is 0.349 e. The highest BCUT2D eigenvalue weighted by Crippen LogP contribution is 2.31. The molecule has 1 aliphatic heterocycles. The monoisotopic (exact) mass is 433 g/mol. The molecule has 0 unspecified atom stereocenters. The number of benzene rings is 1. The topological polar surface area (TPSA) is 71.4 Å². The maximum absolute atomic E-state index is 13.3. The van der Waals surface area contributed by atoms with Crippen LogP contribution in [0.4, 0.5) is 0 Å². The number of aromatic nitrogens is 1. The molecule has 3 aliphatic rings. The van der Waals surface area contributed by atoms with E-state index in [0.29, 0.717) is 44.8 Å². The summed E-state index contributed by atoms with van der Waals surface area (Å²) in [5.74, 6) is 0.479. The predicted molar refractivity (Wildman–Crippen MR) is 122 cm³/mol. The van der Waals surface area contributed by atoms with Crippen LogP contribution < -0.4 is 10.9 Å². The Balaban J connectivity index is 1.42. The van der Waals surface area contributed by atoms with Crippen molar-refractivity contribution in [2.75, 3.05) is 6.54 Å². The van der Waals surface area contributed by atoms with Gasteiger partial charge in [-0.3, -0.25) is 14.4 Å². The van der Waals surface area contributed by atoms with Crippen molar-refractivity contribution in [3.05, 3.63) is 69.1 Å². The lowest BCUT2D eigenvalue weighted by molar-refractivity contribution is -0.133. The summed E-state index contributed by atoms with van der Waals surface area (Å²) in [5.41, 5.74) is 2.99. The molecule has 6 heteroatoms. The molecule has 2 aliphatic carbocycles. The number of carbonyl (C=O) groups excluding carboxylic acids is 2. The fourth-order valence-electron chi connectivity index (χ4n) is 4.78. The second kappa shape index (κ2) is 8.93. The number of amides is 2. The normalized spacial score (nSPS) is 18.1. The fourth-order valence-corrected chi connectivity index (χ4v) is 4.78. The number of carbonyl (C=O) groups is 2. The zero-order valence-electron chi connectivity index (χ0n) is 18.5. The summed E-state index contributed by atoms with van der Waals surface area (Å²) in [4.78, 5) is 41.1. The van der Waals surface area contributed by atoms with Crippen LogP contribution in [0.2, 0.25) is 0 Å². The van der Waals surface area contributed by atoms with Crippen LogP contribution in [0.25, 0.3) is 0 Å². The first-order chi connectivity index (χ1) is 15.6. The van der Waals surface area contributed by atoms with E-state index in [4.69, 9.17) is 0 Å². The minimum absolute atomic E-state index is 0.194. The average molecular weight is 434 g/mol. The quantitative estimate of drug-likeness (QED) is 0.730. The molecule has 5 rings (SSSR count). The van der Waals surface area contributed by atoms with E-state index in [2.05, 4.69) is 5.32 Å². The molecule has 0 bridgehead atoms. The number of aryl methyl sites for hydroxylation is 2. The summed E-state index contributed by atoms with van der Waals surface area (Å²) in [7, 11) is 0. The van der Waals surface area contributed by atoms with Gasteiger partial charge < -0.3 is 14.8 Å². The van der Waals surface area contributed by atoms with E-state index in [-0.39, 0.29) is 29.0 Å². The van der Waals surface area contributed by atoms with Crippen LogP contribution in [0.3, 0.4) is 0 Å². The molecule has 2 aromatic rings. The molecule has 2 amide bonds. The van der Waals surface area contributed by atoms with Crippen molar-refractivity contribution in [3.8, 4) is 0 Å². The van der Waals surface area contributed by atoms with E-state index in [0.717, 1.165) is 42.4 Å². The van der Waals surface area contributed by atoms with Crippen molar-refractivity contribution >= 4 is 11.8 Å². The number of pyridine rings is 1. The van der Waals surface area contributed by atoms with Gasteiger partial charge >= 0.3 is 0 Å². The van der Waals surface area contributed by atoms with E-state index in [1.807, 2.05) is 41.4 Å². The van der Waals surface area contributed by atoms with Gasteiger partial charge in [-0.25, -0.2) is 0 Å². The molecule has 32 heavy (non-hydrogen) atoms. The van der Waals surface area contributed by atoms with E-state index < -0.39 is 0 Å². The average Bonchev–Trinajstić information content (AvgIpc) is 3.59. The number of hydrogen-bond donors (Lipinski definition) is 1. The molecule has 1 N–H and O–H groups in total. The predicted octanol–water partition coefficient (Wildman–Crippen LogP) is 3.06. The SMILES string of the molecule is O=C(NC1CC1)c1c2c(cn(CCc3ccccc3)c1=O)CN(C(=O)CC1CCC1)CC2. The summed E-state index contributed by atoms with van der Waals surface area (Å²) in [6.45, 7) is 1.57. The molecule has 2 fully saturated rings. The van der Waals surface area contributed by atoms with E-state index in [9.17, 15) is 14.4 Å². The number of nitrogens with one attached hydrogen (secondary N) is 1. The van der Waals surface area contributed by atoms with Gasteiger partial charge in [-0.2, -0.15) is 0 Å². The van der Waals surface area contributed by atoms with Crippen molar-refractivity contribution < 1.29 is 9.59 Å². The first-order valence-corrected chi connectivity index (χ1v) is 12.0. The van der Waals surface area contributed by atoms with E-state index in [1.54, 1.807) is 4.57 Å². The van der Waals surface area contributed by atoms with E-state index in [1.165, 1.54) is 6.42 Å². The number of fused-ring (bicyclic) bond motifs is 1. The minimum Gasteiger partial charge on any atom is -0.349 e. The van der Waals surface area contributed by atoms with Gasteiger partial charge in [-0.15, -0.1) is 0 Å². The molecular weight excluding hydrogens is 402 g/mol. The number of rotatable bonds is 7. The Labute approximate surface area is 188 Å². The molecule has 0 atom stereocenters. The van der Waals surface area contributed by atoms with Gasteiger partial charge in [0.2, 0.25) is 5.91 Å². The van der Waals surface area contributed by atoms with Crippen LogP contribution in [-0.2, 0) is 30.7 Å². The Morgan fingerprint density at radius 3 is 2.53 bits per heavy atom. The van der Waals surface area contributed by atoms with Gasteiger partial charge in [-0.1, -0.05) is 36.8 Å². The molecular formula is C26H31N3O3. The zero-order chi connectivity index (χ0) is 22.1. The first kappa shape index (κ1) is 21.0. The molecule has 1 aromatic carbocycles. The van der Waals surface area contributed by atoms with Crippen molar-refractivity contribution in [1.82, 2.24) is 14.8 Å². The molecule has 0 spiro atoms. The summed E-state index contributed by atoms with van der Waals surface area (Å²) in [6.07, 6.45) is 9.28. The highest BCUT2D eigenvalue weighted by Gasteiger charge is 2.32. The third-order valence-electron chi connectivity index (χ3n) is 7.13. The number of nitrogens with zero attached hydrogens (tertiary/aromatic N) is 2. The highest BCUT2D eigenvalue weighted by molar-refractivity contribution is 5.96. The first-order valence-electron chi connectivity index (χ1n) is 12.0. The third kappa shape index (κ3) is 4.50. The van der Waals surface area contributed by atoms with Gasteiger partial charge in [0, 0.05) is 38.3 Å². The van der Waals surface area contributed by atoms with Crippen LogP contribution in [0.5, 0.6) is 0 Å². The van der Waals surface area contributed by atoms with Gasteiger partial charge in [0.15, 0.2) is 0 Å². The van der Waals surface area contributed by atoms with Gasteiger partial charge in [0.1, 0.15) is 5.56 Å². The Morgan fingerprint density at radius 2 is 1.84 bits per heavy atom. The van der Waals surface area contributed by atoms with Gasteiger partial charge in [0.25, 0.3) is 11.5 Å². The Kier molecular flexibility index (Phi) is 5.85. The van der Waals surface area contributed by atoms with Crippen molar-refractivity contribution in [1.29, 1.82) is 0 Å². The van der Waals surface area contributed by atoms with E-state index >= 15 is 0 Å². The summed E-state index contributed by atoms with van der Waals surface area (Å²) in [6, 6.07) is 10.2. The highest BCUT2D eigenvalue weighted by atomic mass is 16.2. The van der Waals surface area contributed by atoms with Crippen LogP contribution in [0.1, 0.15) is 65.6 Å². The molecule has 2 saturated carbocycles. The van der Waals surface area contributed by atoms with Gasteiger partial charge in [-0.05, 0) is 61.1 Å². The molecule has 0 saturated heterocycles. The second-order valence-corrected chi connectivity index (χ2v) is 9.56. The lowest BCUT2D eigenvalue weighted by atomic mass is 9.82. The molecule has 0 radical (unpaired) electrons. The summed E-state index contributed by atoms with van der Waals surface area (Å²) < 4.78 is 1.67. The standard InChI is InChI=1S/C26H31N3O3/c30-23(15-19-7-4-8-19)28-14-12-22-20(16-28)17-29(13-11-18-5-2-1-3-6-18)26(32)24(22)25(31)27-21-9-10-21/h1-3,5-6,17,19,21H,4,7-16H2,(H,27,31). The number of hydrogen-bond acceptors (Lipinski definition) is 3. The zero-order valence-corrected chi connectivity index (χ0v) is 18.5. The van der Waals surface area contributed by atoms with Crippen molar-refractivity contribution in [3.63, 3.8) is 0 Å².